The number of benzene rings is 2. The number of carbonyl (C=O) groups excluding carboxylic acids is 1. The number of rotatable bonds is 3. The summed E-state index contributed by atoms with van der Waals surface area (Å²) in [5.41, 5.74) is 2.85. The zero-order valence-electron chi connectivity index (χ0n) is 13.8. The van der Waals surface area contributed by atoms with E-state index in [0.29, 0.717) is 5.95 Å². The van der Waals surface area contributed by atoms with Crippen LogP contribution in [0.15, 0.2) is 54.6 Å². The molecule has 1 saturated heterocycles. The van der Waals surface area contributed by atoms with E-state index in [4.69, 9.17) is 0 Å². The van der Waals surface area contributed by atoms with E-state index < -0.39 is 0 Å². The van der Waals surface area contributed by atoms with Crippen molar-refractivity contribution < 1.29 is 4.79 Å². The molecule has 25 heavy (non-hydrogen) atoms. The highest BCUT2D eigenvalue weighted by Gasteiger charge is 2.23. The molecule has 0 spiro atoms. The third-order valence-electron chi connectivity index (χ3n) is 4.48. The van der Waals surface area contributed by atoms with E-state index >= 15 is 0 Å². The predicted octanol–water partition coefficient (Wildman–Crippen LogP) is 3.39. The first-order chi connectivity index (χ1) is 11.8. The lowest BCUT2D eigenvalue weighted by atomic mass is 9.99. The van der Waals surface area contributed by atoms with Gasteiger partial charge in [0.15, 0.2) is 0 Å². The van der Waals surface area contributed by atoms with Gasteiger partial charge in [0.1, 0.15) is 0 Å². The van der Waals surface area contributed by atoms with Gasteiger partial charge in [-0.15, -0.1) is 12.4 Å². The molecule has 6 heteroatoms. The van der Waals surface area contributed by atoms with E-state index in [1.165, 1.54) is 0 Å². The van der Waals surface area contributed by atoms with Gasteiger partial charge in [0, 0.05) is 12.2 Å². The summed E-state index contributed by atoms with van der Waals surface area (Å²) in [7, 11) is 0. The smallest absolute Gasteiger partial charge is 0.231 e. The van der Waals surface area contributed by atoms with Crippen molar-refractivity contribution in [1.29, 1.82) is 0 Å². The minimum Gasteiger partial charge on any atom is -0.316 e. The van der Waals surface area contributed by atoms with Crippen LogP contribution in [0.1, 0.15) is 12.8 Å². The molecule has 1 aliphatic rings. The van der Waals surface area contributed by atoms with Gasteiger partial charge in [-0.05, 0) is 43.7 Å². The lowest BCUT2D eigenvalue weighted by Gasteiger charge is -2.21. The van der Waals surface area contributed by atoms with Gasteiger partial charge in [0.05, 0.1) is 17.0 Å². The van der Waals surface area contributed by atoms with E-state index in [-0.39, 0.29) is 24.2 Å². The molecule has 1 aromatic heterocycles. The molecule has 1 unspecified atom stereocenters. The predicted molar refractivity (Wildman–Crippen MR) is 103 cm³/mol. The highest BCUT2D eigenvalue weighted by molar-refractivity contribution is 5.94. The topological polar surface area (TPSA) is 59.0 Å². The molecule has 2 N–H and O–H groups in total. The Morgan fingerprint density at radius 3 is 2.64 bits per heavy atom. The van der Waals surface area contributed by atoms with Crippen LogP contribution in [0.5, 0.6) is 0 Å². The van der Waals surface area contributed by atoms with Gasteiger partial charge in [-0.2, -0.15) is 0 Å². The van der Waals surface area contributed by atoms with Gasteiger partial charge in [0.2, 0.25) is 11.9 Å². The van der Waals surface area contributed by atoms with Crippen LogP contribution in [0.3, 0.4) is 0 Å². The van der Waals surface area contributed by atoms with E-state index in [9.17, 15) is 4.79 Å². The van der Waals surface area contributed by atoms with Crippen LogP contribution in [0, 0.1) is 5.92 Å². The first kappa shape index (κ1) is 17.5. The number of halogens is 1. The monoisotopic (exact) mass is 356 g/mol. The SMILES string of the molecule is Cl.O=C(Nc1nc2ccccc2n1-c1ccccc1)C1CCCNC1. The maximum atomic E-state index is 12.6. The molecular formula is C19H21ClN4O. The maximum absolute atomic E-state index is 12.6. The van der Waals surface area contributed by atoms with Crippen LogP contribution in [-0.4, -0.2) is 28.5 Å². The van der Waals surface area contributed by atoms with Gasteiger partial charge >= 0.3 is 0 Å². The summed E-state index contributed by atoms with van der Waals surface area (Å²) in [6, 6.07) is 17.9. The fraction of sp³-hybridized carbons (Fsp3) is 0.263. The fourth-order valence-electron chi connectivity index (χ4n) is 3.24. The van der Waals surface area contributed by atoms with E-state index in [2.05, 4.69) is 15.6 Å². The number of nitrogens with zero attached hydrogens (tertiary/aromatic N) is 2. The summed E-state index contributed by atoms with van der Waals surface area (Å²) in [5.74, 6) is 0.621. The van der Waals surface area contributed by atoms with Crippen molar-refractivity contribution in [2.24, 2.45) is 5.92 Å². The third-order valence-corrected chi connectivity index (χ3v) is 4.48. The van der Waals surface area contributed by atoms with Gasteiger partial charge in [0.25, 0.3) is 0 Å². The van der Waals surface area contributed by atoms with Crippen molar-refractivity contribution in [3.05, 3.63) is 54.6 Å². The summed E-state index contributed by atoms with van der Waals surface area (Å²) in [4.78, 5) is 17.3. The Morgan fingerprint density at radius 1 is 1.12 bits per heavy atom. The van der Waals surface area contributed by atoms with Crippen LogP contribution in [0.2, 0.25) is 0 Å². The number of anilines is 1. The number of fused-ring (bicyclic) bond motifs is 1. The van der Waals surface area contributed by atoms with E-state index in [0.717, 1.165) is 42.7 Å². The number of para-hydroxylation sites is 3. The molecule has 1 amide bonds. The average Bonchev–Trinajstić information content (AvgIpc) is 3.01. The molecule has 4 rings (SSSR count). The van der Waals surface area contributed by atoms with Gasteiger partial charge in [-0.25, -0.2) is 4.98 Å². The number of hydrogen-bond donors (Lipinski definition) is 2. The second-order valence-corrected chi connectivity index (χ2v) is 6.13. The number of hydrogen-bond acceptors (Lipinski definition) is 3. The number of nitrogens with one attached hydrogen (secondary N) is 2. The van der Waals surface area contributed by atoms with Crippen LogP contribution in [-0.2, 0) is 4.79 Å². The Kier molecular flexibility index (Phi) is 5.36. The molecule has 3 aromatic rings. The minimum absolute atomic E-state index is 0. The number of carbonyl (C=O) groups is 1. The number of imidazole rings is 1. The lowest BCUT2D eigenvalue weighted by molar-refractivity contribution is -0.120. The maximum Gasteiger partial charge on any atom is 0.231 e. The lowest BCUT2D eigenvalue weighted by Crippen LogP contribution is -2.37. The molecule has 0 aliphatic carbocycles. The van der Waals surface area contributed by atoms with Crippen molar-refractivity contribution >= 4 is 35.3 Å². The number of aromatic nitrogens is 2. The first-order valence-electron chi connectivity index (χ1n) is 8.37. The molecular weight excluding hydrogens is 336 g/mol. The summed E-state index contributed by atoms with van der Waals surface area (Å²) in [5, 5.41) is 6.33. The fourth-order valence-corrected chi connectivity index (χ4v) is 3.24. The molecule has 1 fully saturated rings. The average molecular weight is 357 g/mol. The molecule has 130 valence electrons. The molecule has 0 saturated carbocycles. The van der Waals surface area contributed by atoms with Crippen LogP contribution in [0.25, 0.3) is 16.7 Å². The van der Waals surface area contributed by atoms with Crippen molar-refractivity contribution in [3.8, 4) is 5.69 Å². The van der Waals surface area contributed by atoms with Gasteiger partial charge in [-0.1, -0.05) is 30.3 Å². The van der Waals surface area contributed by atoms with Gasteiger partial charge in [-0.3, -0.25) is 14.7 Å². The van der Waals surface area contributed by atoms with Gasteiger partial charge < -0.3 is 5.32 Å². The molecule has 0 bridgehead atoms. The Bertz CT molecular complexity index is 856. The van der Waals surface area contributed by atoms with E-state index in [1.54, 1.807) is 0 Å². The van der Waals surface area contributed by atoms with Crippen molar-refractivity contribution in [2.75, 3.05) is 18.4 Å². The molecule has 1 atom stereocenters. The van der Waals surface area contributed by atoms with Crippen LogP contribution in [0.4, 0.5) is 5.95 Å². The van der Waals surface area contributed by atoms with Crippen molar-refractivity contribution in [2.45, 2.75) is 12.8 Å². The highest BCUT2D eigenvalue weighted by Crippen LogP contribution is 2.25. The quantitative estimate of drug-likeness (QED) is 0.756. The molecule has 2 heterocycles. The zero-order valence-corrected chi connectivity index (χ0v) is 14.6. The Labute approximate surface area is 152 Å². The Hall–Kier alpha value is -2.37. The van der Waals surface area contributed by atoms with Crippen LogP contribution < -0.4 is 10.6 Å². The summed E-state index contributed by atoms with van der Waals surface area (Å²) < 4.78 is 2.00. The second-order valence-electron chi connectivity index (χ2n) is 6.13. The van der Waals surface area contributed by atoms with Crippen molar-refractivity contribution in [1.82, 2.24) is 14.9 Å². The Balaban J connectivity index is 0.00000182. The standard InChI is InChI=1S/C19H20N4O.ClH/c24-18(14-7-6-12-20-13-14)22-19-21-16-10-4-5-11-17(16)23(19)15-8-2-1-3-9-15;/h1-5,8-11,14,20H,6-7,12-13H2,(H,21,22,24);1H. The summed E-state index contributed by atoms with van der Waals surface area (Å²) >= 11 is 0. The second kappa shape index (κ2) is 7.68. The highest BCUT2D eigenvalue weighted by atomic mass is 35.5. The molecule has 0 radical (unpaired) electrons. The zero-order chi connectivity index (χ0) is 16.4. The molecule has 5 nitrogen and oxygen atoms in total. The Morgan fingerprint density at radius 2 is 1.88 bits per heavy atom. The largest absolute Gasteiger partial charge is 0.316 e. The third kappa shape index (κ3) is 3.52. The number of piperidine rings is 1. The molecule has 1 aliphatic heterocycles. The minimum atomic E-state index is 0. The summed E-state index contributed by atoms with van der Waals surface area (Å²) in [6.07, 6.45) is 1.96. The first-order valence-corrected chi connectivity index (χ1v) is 8.37. The molecule has 2 aromatic carbocycles. The van der Waals surface area contributed by atoms with Crippen LogP contribution >= 0.6 is 12.4 Å². The number of amides is 1. The normalized spacial score (nSPS) is 17.0. The summed E-state index contributed by atoms with van der Waals surface area (Å²) in [6.45, 7) is 1.73. The van der Waals surface area contributed by atoms with Crippen molar-refractivity contribution in [3.63, 3.8) is 0 Å². The van der Waals surface area contributed by atoms with E-state index in [1.807, 2.05) is 59.2 Å².